The van der Waals surface area contributed by atoms with Gasteiger partial charge in [-0.15, -0.1) is 0 Å². The summed E-state index contributed by atoms with van der Waals surface area (Å²) in [6.07, 6.45) is 0.195. The van der Waals surface area contributed by atoms with Gasteiger partial charge < -0.3 is 4.90 Å². The van der Waals surface area contributed by atoms with Crippen LogP contribution in [0.3, 0.4) is 0 Å². The van der Waals surface area contributed by atoms with E-state index in [4.69, 9.17) is 11.6 Å². The third kappa shape index (κ3) is 4.15. The number of carbonyl (C=O) groups is 1. The molecule has 2 fully saturated rings. The third-order valence-electron chi connectivity index (χ3n) is 4.65. The van der Waals surface area contributed by atoms with Gasteiger partial charge in [0.05, 0.1) is 34.7 Å². The summed E-state index contributed by atoms with van der Waals surface area (Å²) in [6.45, 7) is 0. The number of anilines is 1. The van der Waals surface area contributed by atoms with Gasteiger partial charge in [-0.25, -0.2) is 8.42 Å². The molecular formula is C19H16BrClN2O3S2. The molecule has 28 heavy (non-hydrogen) atoms. The van der Waals surface area contributed by atoms with Crippen molar-refractivity contribution in [3.05, 3.63) is 63.6 Å². The van der Waals surface area contributed by atoms with Crippen LogP contribution in [0.25, 0.3) is 0 Å². The lowest BCUT2D eigenvalue weighted by molar-refractivity contribution is -0.117. The van der Waals surface area contributed by atoms with Crippen LogP contribution in [0.5, 0.6) is 0 Å². The highest BCUT2D eigenvalue weighted by atomic mass is 79.9. The zero-order valence-electron chi connectivity index (χ0n) is 14.6. The Morgan fingerprint density at radius 3 is 2.68 bits per heavy atom. The second-order valence-corrected chi connectivity index (χ2v) is 11.4. The maximum atomic E-state index is 12.5. The summed E-state index contributed by atoms with van der Waals surface area (Å²) >= 11 is 11.2. The smallest absolute Gasteiger partial charge is 0.252 e. The fraction of sp³-hybridized carbons (Fsp3) is 0.263. The Morgan fingerprint density at radius 1 is 1.21 bits per heavy atom. The van der Waals surface area contributed by atoms with E-state index in [2.05, 4.69) is 20.9 Å². The number of hydrogen-bond donors (Lipinski definition) is 0. The number of sulfone groups is 1. The number of aliphatic imine (C=N–C) groups is 1. The van der Waals surface area contributed by atoms with Crippen LogP contribution in [0.1, 0.15) is 5.56 Å². The van der Waals surface area contributed by atoms with Crippen LogP contribution in [-0.4, -0.2) is 42.3 Å². The fourth-order valence-electron chi connectivity index (χ4n) is 3.44. The summed E-state index contributed by atoms with van der Waals surface area (Å²) in [4.78, 5) is 18.7. The van der Waals surface area contributed by atoms with Crippen LogP contribution in [0.4, 0.5) is 5.69 Å². The first-order valence-electron chi connectivity index (χ1n) is 8.59. The van der Waals surface area contributed by atoms with Gasteiger partial charge in [0.2, 0.25) is 0 Å². The maximum absolute atomic E-state index is 12.5. The first-order valence-corrected chi connectivity index (χ1v) is 12.5. The monoisotopic (exact) mass is 498 g/mol. The number of amidine groups is 1. The Bertz CT molecular complexity index is 1060. The van der Waals surface area contributed by atoms with Gasteiger partial charge in [-0.2, -0.15) is 4.99 Å². The molecule has 2 aromatic rings. The first-order chi connectivity index (χ1) is 13.3. The number of hydrogen-bond acceptors (Lipinski definition) is 4. The molecule has 0 aromatic heterocycles. The highest BCUT2D eigenvalue weighted by Gasteiger charge is 2.49. The van der Waals surface area contributed by atoms with Crippen LogP contribution in [0.2, 0.25) is 5.02 Å². The average Bonchev–Trinajstić information content (AvgIpc) is 3.07. The van der Waals surface area contributed by atoms with Gasteiger partial charge in [-0.1, -0.05) is 69.6 Å². The topological polar surface area (TPSA) is 66.8 Å². The Kier molecular flexibility index (Phi) is 5.57. The molecule has 5 nitrogen and oxygen atoms in total. The van der Waals surface area contributed by atoms with Crippen molar-refractivity contribution in [2.24, 2.45) is 4.99 Å². The van der Waals surface area contributed by atoms with Gasteiger partial charge in [0.1, 0.15) is 0 Å². The van der Waals surface area contributed by atoms with Crippen molar-refractivity contribution in [2.75, 3.05) is 16.4 Å². The summed E-state index contributed by atoms with van der Waals surface area (Å²) in [6, 6.07) is 14.5. The molecule has 1 amide bonds. The Labute approximate surface area is 181 Å². The lowest BCUT2D eigenvalue weighted by Crippen LogP contribution is -2.38. The van der Waals surface area contributed by atoms with Crippen LogP contribution < -0.4 is 4.90 Å². The molecule has 2 atom stereocenters. The number of thioether (sulfide) groups is 1. The molecule has 4 rings (SSSR count). The van der Waals surface area contributed by atoms with Crippen molar-refractivity contribution in [1.29, 1.82) is 0 Å². The van der Waals surface area contributed by atoms with Gasteiger partial charge in [-0.3, -0.25) is 4.79 Å². The van der Waals surface area contributed by atoms with E-state index in [1.165, 1.54) is 11.8 Å². The van der Waals surface area contributed by atoms with E-state index in [-0.39, 0.29) is 35.1 Å². The summed E-state index contributed by atoms with van der Waals surface area (Å²) in [5.41, 5.74) is 1.55. The summed E-state index contributed by atoms with van der Waals surface area (Å²) in [5, 5.41) is 0.825. The first kappa shape index (κ1) is 19.9. The van der Waals surface area contributed by atoms with Gasteiger partial charge in [0.15, 0.2) is 15.0 Å². The van der Waals surface area contributed by atoms with Crippen LogP contribution in [0, 0.1) is 0 Å². The summed E-state index contributed by atoms with van der Waals surface area (Å²) in [5.74, 6) is -0.156. The Morgan fingerprint density at radius 2 is 1.96 bits per heavy atom. The molecule has 0 spiro atoms. The third-order valence-corrected chi connectivity index (χ3v) is 8.66. The normalized spacial score (nSPS) is 24.5. The minimum absolute atomic E-state index is 0.0307. The van der Waals surface area contributed by atoms with Crippen LogP contribution in [0.15, 0.2) is 58.0 Å². The lowest BCUT2D eigenvalue weighted by atomic mass is 10.1. The van der Waals surface area contributed by atoms with Crippen molar-refractivity contribution in [2.45, 2.75) is 17.7 Å². The molecule has 0 unspecified atom stereocenters. The van der Waals surface area contributed by atoms with Crippen molar-refractivity contribution in [1.82, 2.24) is 0 Å². The van der Waals surface area contributed by atoms with E-state index in [1.807, 2.05) is 47.4 Å². The van der Waals surface area contributed by atoms with Gasteiger partial charge in [0.25, 0.3) is 5.91 Å². The number of nitrogens with zero attached hydrogens (tertiary/aromatic N) is 2. The minimum Gasteiger partial charge on any atom is -0.314 e. The zero-order chi connectivity index (χ0) is 19.9. The van der Waals surface area contributed by atoms with Gasteiger partial charge in [-0.05, 0) is 23.8 Å². The second kappa shape index (κ2) is 7.82. The molecular weight excluding hydrogens is 484 g/mol. The van der Waals surface area contributed by atoms with E-state index in [0.717, 1.165) is 10.0 Å². The lowest BCUT2D eigenvalue weighted by Gasteiger charge is -2.25. The Balaban J connectivity index is 1.68. The summed E-state index contributed by atoms with van der Waals surface area (Å²) < 4.78 is 25.1. The number of benzene rings is 2. The van der Waals surface area contributed by atoms with Crippen LogP contribution in [-0.2, 0) is 21.1 Å². The van der Waals surface area contributed by atoms with Crippen molar-refractivity contribution in [3.8, 4) is 0 Å². The molecule has 2 saturated heterocycles. The molecule has 2 aliphatic heterocycles. The molecule has 0 radical (unpaired) electrons. The predicted molar refractivity (Wildman–Crippen MR) is 118 cm³/mol. The standard InChI is InChI=1S/C19H16BrClN2O3S2/c20-13-6-7-15(14(21)9-13)23-16-10-28(25,26)11-17(16)27-19(23)22-18(24)8-12-4-2-1-3-5-12/h1-7,9,16-17H,8,10-11H2/t16-,17-/m0/s1. The number of carbonyl (C=O) groups excluding carboxylic acids is 1. The molecule has 0 bridgehead atoms. The number of fused-ring (bicyclic) bond motifs is 1. The largest absolute Gasteiger partial charge is 0.314 e. The molecule has 146 valence electrons. The van der Waals surface area contributed by atoms with Gasteiger partial charge in [0, 0.05) is 9.72 Å². The fourth-order valence-corrected chi connectivity index (χ4v) is 8.13. The number of rotatable bonds is 3. The zero-order valence-corrected chi connectivity index (χ0v) is 18.6. The predicted octanol–water partition coefficient (Wildman–Crippen LogP) is 3.95. The molecule has 2 aliphatic rings. The molecule has 0 saturated carbocycles. The van der Waals surface area contributed by atoms with Crippen molar-refractivity contribution < 1.29 is 13.2 Å². The van der Waals surface area contributed by atoms with E-state index < -0.39 is 9.84 Å². The van der Waals surface area contributed by atoms with E-state index in [1.54, 1.807) is 6.07 Å². The average molecular weight is 500 g/mol. The minimum atomic E-state index is -3.12. The van der Waals surface area contributed by atoms with E-state index in [0.29, 0.717) is 15.9 Å². The Hall–Kier alpha value is -1.35. The van der Waals surface area contributed by atoms with E-state index in [9.17, 15) is 13.2 Å². The summed E-state index contributed by atoms with van der Waals surface area (Å²) in [7, 11) is -3.12. The highest BCUT2D eigenvalue weighted by Crippen LogP contribution is 2.43. The molecule has 0 aliphatic carbocycles. The van der Waals surface area contributed by atoms with Crippen molar-refractivity contribution in [3.63, 3.8) is 0 Å². The van der Waals surface area contributed by atoms with Gasteiger partial charge >= 0.3 is 0 Å². The molecule has 2 aromatic carbocycles. The molecule has 2 heterocycles. The van der Waals surface area contributed by atoms with Crippen LogP contribution >= 0.6 is 39.3 Å². The maximum Gasteiger partial charge on any atom is 0.252 e. The quantitative estimate of drug-likeness (QED) is 0.640. The van der Waals surface area contributed by atoms with E-state index >= 15 is 0 Å². The SMILES string of the molecule is O=C(Cc1ccccc1)N=C1S[C@H]2CS(=O)(=O)C[C@@H]2N1c1ccc(Br)cc1Cl. The number of halogens is 2. The highest BCUT2D eigenvalue weighted by molar-refractivity contribution is 9.10. The molecule has 9 heteroatoms. The second-order valence-electron chi connectivity index (χ2n) is 6.72. The van der Waals surface area contributed by atoms with Crippen molar-refractivity contribution >= 4 is 65.9 Å². The number of amides is 1. The molecule has 0 N–H and O–H groups in total.